The number of hydrogen-bond donors (Lipinski definition) is 1. The van der Waals surface area contributed by atoms with Crippen LogP contribution in [0.2, 0.25) is 0 Å². The van der Waals surface area contributed by atoms with E-state index in [-0.39, 0.29) is 19.1 Å². The number of amides is 1. The average Bonchev–Trinajstić information content (AvgIpc) is 2.71. The predicted molar refractivity (Wildman–Crippen MR) is 103 cm³/mol. The van der Waals surface area contributed by atoms with Crippen LogP contribution < -0.4 is 19.7 Å². The highest BCUT2D eigenvalue weighted by molar-refractivity contribution is 5.77. The van der Waals surface area contributed by atoms with Crippen LogP contribution in [0.5, 0.6) is 11.5 Å². The summed E-state index contributed by atoms with van der Waals surface area (Å²) in [6.45, 7) is 4.23. The molecule has 2 heterocycles. The second kappa shape index (κ2) is 9.21. The molecule has 144 valence electrons. The molecule has 0 spiro atoms. The number of benzene rings is 1. The van der Waals surface area contributed by atoms with Crippen molar-refractivity contribution in [2.75, 3.05) is 31.7 Å². The van der Waals surface area contributed by atoms with Crippen molar-refractivity contribution in [1.29, 1.82) is 0 Å². The molecule has 0 unspecified atom stereocenters. The van der Waals surface area contributed by atoms with E-state index < -0.39 is 0 Å². The molecule has 0 bridgehead atoms. The number of anilines is 1. The number of aromatic nitrogens is 2. The molecule has 27 heavy (non-hydrogen) atoms. The van der Waals surface area contributed by atoms with Crippen molar-refractivity contribution in [3.05, 3.63) is 41.9 Å². The molecule has 1 aromatic carbocycles. The summed E-state index contributed by atoms with van der Waals surface area (Å²) in [6.07, 6.45) is 3.66. The van der Waals surface area contributed by atoms with Crippen molar-refractivity contribution in [3.8, 4) is 11.5 Å². The zero-order valence-corrected chi connectivity index (χ0v) is 15.9. The van der Waals surface area contributed by atoms with Crippen LogP contribution in [-0.2, 0) is 11.3 Å². The van der Waals surface area contributed by atoms with Gasteiger partial charge in [0.1, 0.15) is 23.1 Å². The van der Waals surface area contributed by atoms with Gasteiger partial charge < -0.3 is 19.7 Å². The molecule has 1 aliphatic heterocycles. The first-order valence-corrected chi connectivity index (χ1v) is 9.27. The van der Waals surface area contributed by atoms with Crippen LogP contribution in [0.25, 0.3) is 0 Å². The van der Waals surface area contributed by atoms with Gasteiger partial charge >= 0.3 is 0 Å². The van der Waals surface area contributed by atoms with Crippen molar-refractivity contribution in [2.45, 2.75) is 32.7 Å². The van der Waals surface area contributed by atoms with E-state index in [4.69, 9.17) is 9.47 Å². The van der Waals surface area contributed by atoms with E-state index in [1.54, 1.807) is 31.4 Å². The minimum Gasteiger partial charge on any atom is -0.497 e. The van der Waals surface area contributed by atoms with Crippen LogP contribution >= 0.6 is 0 Å². The smallest absolute Gasteiger partial charge is 0.258 e. The Morgan fingerprint density at radius 3 is 2.52 bits per heavy atom. The van der Waals surface area contributed by atoms with Crippen LogP contribution in [0, 0.1) is 6.92 Å². The van der Waals surface area contributed by atoms with Gasteiger partial charge in [0.2, 0.25) is 0 Å². The number of methoxy groups -OCH3 is 1. The monoisotopic (exact) mass is 370 g/mol. The van der Waals surface area contributed by atoms with Crippen molar-refractivity contribution in [3.63, 3.8) is 0 Å². The number of nitrogens with one attached hydrogen (secondary N) is 1. The summed E-state index contributed by atoms with van der Waals surface area (Å²) in [6, 6.07) is 9.11. The normalized spacial score (nSPS) is 13.9. The maximum Gasteiger partial charge on any atom is 0.258 e. The van der Waals surface area contributed by atoms with E-state index in [9.17, 15) is 4.79 Å². The summed E-state index contributed by atoms with van der Waals surface area (Å²) in [4.78, 5) is 23.4. The number of carbonyl (C=O) groups is 1. The molecule has 0 atom stereocenters. The van der Waals surface area contributed by atoms with Crippen molar-refractivity contribution < 1.29 is 14.3 Å². The molecule has 0 radical (unpaired) electrons. The molecule has 2 aromatic rings. The number of hydrogen-bond acceptors (Lipinski definition) is 6. The molecular weight excluding hydrogens is 344 g/mol. The van der Waals surface area contributed by atoms with Crippen LogP contribution in [0.4, 0.5) is 5.82 Å². The number of piperidine rings is 1. The Kier molecular flexibility index (Phi) is 6.46. The number of aryl methyl sites for hydroxylation is 1. The molecule has 0 aliphatic carbocycles. The number of carbonyl (C=O) groups excluding carboxylic acids is 1. The zero-order valence-electron chi connectivity index (χ0n) is 15.9. The summed E-state index contributed by atoms with van der Waals surface area (Å²) < 4.78 is 10.6. The number of rotatable bonds is 7. The van der Waals surface area contributed by atoms with E-state index >= 15 is 0 Å². The van der Waals surface area contributed by atoms with Gasteiger partial charge in [-0.2, -0.15) is 0 Å². The van der Waals surface area contributed by atoms with Crippen LogP contribution in [0.3, 0.4) is 0 Å². The molecule has 1 amide bonds. The van der Waals surface area contributed by atoms with Crippen molar-refractivity contribution in [2.24, 2.45) is 0 Å². The van der Waals surface area contributed by atoms with Crippen LogP contribution in [-0.4, -0.2) is 42.7 Å². The first kappa shape index (κ1) is 18.9. The molecular formula is C20H26N4O3. The summed E-state index contributed by atoms with van der Waals surface area (Å²) in [5.41, 5.74) is 0.907. The van der Waals surface area contributed by atoms with Gasteiger partial charge in [-0.25, -0.2) is 9.97 Å². The van der Waals surface area contributed by atoms with E-state index in [2.05, 4.69) is 20.2 Å². The van der Waals surface area contributed by atoms with Gasteiger partial charge in [-0.3, -0.25) is 4.79 Å². The summed E-state index contributed by atoms with van der Waals surface area (Å²) >= 11 is 0. The highest BCUT2D eigenvalue weighted by Crippen LogP contribution is 2.19. The Morgan fingerprint density at radius 2 is 1.81 bits per heavy atom. The summed E-state index contributed by atoms with van der Waals surface area (Å²) in [5.74, 6) is 2.71. The first-order chi connectivity index (χ1) is 13.1. The lowest BCUT2D eigenvalue weighted by atomic mass is 10.1. The maximum atomic E-state index is 12.1. The molecule has 7 heteroatoms. The average molecular weight is 370 g/mol. The van der Waals surface area contributed by atoms with E-state index in [0.717, 1.165) is 30.4 Å². The van der Waals surface area contributed by atoms with Gasteiger partial charge in [-0.05, 0) is 50.5 Å². The van der Waals surface area contributed by atoms with E-state index in [1.807, 2.05) is 13.0 Å². The lowest BCUT2D eigenvalue weighted by Crippen LogP contribution is -2.32. The van der Waals surface area contributed by atoms with Crippen molar-refractivity contribution >= 4 is 11.7 Å². The van der Waals surface area contributed by atoms with Gasteiger partial charge in [0, 0.05) is 24.8 Å². The van der Waals surface area contributed by atoms with E-state index in [1.165, 1.54) is 19.3 Å². The Hall–Kier alpha value is -2.83. The molecule has 7 nitrogen and oxygen atoms in total. The number of nitrogens with zero attached hydrogens (tertiary/aromatic N) is 3. The molecule has 1 aliphatic rings. The lowest BCUT2D eigenvalue weighted by molar-refractivity contribution is -0.123. The predicted octanol–water partition coefficient (Wildman–Crippen LogP) is 2.48. The minimum absolute atomic E-state index is 0.0584. The Labute approximate surface area is 159 Å². The van der Waals surface area contributed by atoms with Gasteiger partial charge in [0.05, 0.1) is 13.7 Å². The largest absolute Gasteiger partial charge is 0.497 e. The molecule has 1 N–H and O–H groups in total. The highest BCUT2D eigenvalue weighted by atomic mass is 16.5. The molecule has 0 saturated carbocycles. The Morgan fingerprint density at radius 1 is 1.11 bits per heavy atom. The fraction of sp³-hybridized carbons (Fsp3) is 0.450. The topological polar surface area (TPSA) is 76.6 Å². The fourth-order valence-electron chi connectivity index (χ4n) is 3.03. The van der Waals surface area contributed by atoms with Gasteiger partial charge in [-0.1, -0.05) is 0 Å². The third-order valence-electron chi connectivity index (χ3n) is 4.44. The van der Waals surface area contributed by atoms with Crippen LogP contribution in [0.1, 0.15) is 30.8 Å². The third kappa shape index (κ3) is 5.57. The molecule has 3 rings (SSSR count). The number of ether oxygens (including phenoxy) is 2. The Bertz CT molecular complexity index is 758. The quantitative estimate of drug-likeness (QED) is 0.807. The second-order valence-electron chi connectivity index (χ2n) is 6.57. The van der Waals surface area contributed by atoms with Crippen molar-refractivity contribution in [1.82, 2.24) is 15.3 Å². The molecule has 1 aromatic heterocycles. The zero-order chi connectivity index (χ0) is 19.1. The SMILES string of the molecule is COc1ccc(OCC(=O)NCc2nc(C)cc(N3CCCCC3)n2)cc1. The summed E-state index contributed by atoms with van der Waals surface area (Å²) in [7, 11) is 1.60. The first-order valence-electron chi connectivity index (χ1n) is 9.27. The Balaban J connectivity index is 1.51. The van der Waals surface area contributed by atoms with Gasteiger partial charge in [0.15, 0.2) is 6.61 Å². The molecule has 1 saturated heterocycles. The molecule has 1 fully saturated rings. The van der Waals surface area contributed by atoms with E-state index in [0.29, 0.717) is 11.6 Å². The third-order valence-corrected chi connectivity index (χ3v) is 4.44. The lowest BCUT2D eigenvalue weighted by Gasteiger charge is -2.28. The summed E-state index contributed by atoms with van der Waals surface area (Å²) in [5, 5.41) is 2.82. The standard InChI is InChI=1S/C20H26N4O3/c1-15-12-19(24-10-4-3-5-11-24)23-18(22-15)13-21-20(25)14-27-17-8-6-16(26-2)7-9-17/h6-9,12H,3-5,10-11,13-14H2,1-2H3,(H,21,25). The second-order valence-corrected chi connectivity index (χ2v) is 6.57. The highest BCUT2D eigenvalue weighted by Gasteiger charge is 2.14. The maximum absolute atomic E-state index is 12.1. The minimum atomic E-state index is -0.213. The van der Waals surface area contributed by atoms with Gasteiger partial charge in [0.25, 0.3) is 5.91 Å². The fourth-order valence-corrected chi connectivity index (χ4v) is 3.03. The van der Waals surface area contributed by atoms with Crippen LogP contribution in [0.15, 0.2) is 30.3 Å². The van der Waals surface area contributed by atoms with Gasteiger partial charge in [-0.15, -0.1) is 0 Å².